The third-order valence-corrected chi connectivity index (χ3v) is 5.07. The van der Waals surface area contributed by atoms with Crippen molar-refractivity contribution < 1.29 is 19.1 Å². The van der Waals surface area contributed by atoms with Gasteiger partial charge in [-0.05, 0) is 23.6 Å². The Hall–Kier alpha value is -2.91. The van der Waals surface area contributed by atoms with Crippen molar-refractivity contribution >= 4 is 45.3 Å². The Morgan fingerprint density at radius 1 is 1.11 bits per heavy atom. The number of hydrogen-bond donors (Lipinski definition) is 2. The highest BCUT2D eigenvalue weighted by Gasteiger charge is 2.13. The molecule has 0 aliphatic carbocycles. The van der Waals surface area contributed by atoms with Crippen LogP contribution in [0.25, 0.3) is 0 Å². The third kappa shape index (κ3) is 4.83. The van der Waals surface area contributed by atoms with E-state index in [1.54, 1.807) is 42.1 Å². The zero-order valence-electron chi connectivity index (χ0n) is 14.6. The lowest BCUT2D eigenvalue weighted by Crippen LogP contribution is -2.15. The van der Waals surface area contributed by atoms with Crippen LogP contribution in [-0.2, 0) is 11.2 Å². The molecule has 2 N–H and O–H groups in total. The van der Waals surface area contributed by atoms with Crippen molar-refractivity contribution in [3.8, 4) is 11.5 Å². The summed E-state index contributed by atoms with van der Waals surface area (Å²) < 4.78 is 10.4. The number of hydrogen-bond acceptors (Lipinski definition) is 7. The van der Waals surface area contributed by atoms with Gasteiger partial charge in [-0.25, -0.2) is 4.98 Å². The Morgan fingerprint density at radius 2 is 1.96 bits per heavy atom. The van der Waals surface area contributed by atoms with E-state index in [4.69, 9.17) is 9.47 Å². The molecule has 9 heteroatoms. The minimum atomic E-state index is -0.237. The second kappa shape index (κ2) is 8.65. The SMILES string of the molecule is COc1ccc(NC(=O)Cc2csc(NC(=O)c3ccsc3)n2)c(OC)c1. The van der Waals surface area contributed by atoms with Gasteiger partial charge in [0.2, 0.25) is 5.91 Å². The van der Waals surface area contributed by atoms with E-state index in [-0.39, 0.29) is 18.2 Å². The molecule has 0 aliphatic rings. The second-order valence-corrected chi connectivity index (χ2v) is 7.04. The zero-order chi connectivity index (χ0) is 19.2. The summed E-state index contributed by atoms with van der Waals surface area (Å²) in [5.74, 6) is 0.684. The minimum absolute atomic E-state index is 0.0833. The molecule has 2 heterocycles. The Labute approximate surface area is 164 Å². The summed E-state index contributed by atoms with van der Waals surface area (Å²) in [6, 6.07) is 6.88. The number of nitrogens with zero attached hydrogens (tertiary/aromatic N) is 1. The molecule has 0 atom stereocenters. The molecule has 27 heavy (non-hydrogen) atoms. The molecule has 3 rings (SSSR count). The lowest BCUT2D eigenvalue weighted by molar-refractivity contribution is -0.115. The number of rotatable bonds is 7. The van der Waals surface area contributed by atoms with Gasteiger partial charge in [0.05, 0.1) is 37.6 Å². The molecule has 0 spiro atoms. The molecule has 3 aromatic rings. The number of nitrogens with one attached hydrogen (secondary N) is 2. The monoisotopic (exact) mass is 403 g/mol. The van der Waals surface area contributed by atoms with Gasteiger partial charge in [0.25, 0.3) is 5.91 Å². The van der Waals surface area contributed by atoms with Crippen LogP contribution in [0.3, 0.4) is 0 Å². The summed E-state index contributed by atoms with van der Waals surface area (Å²) >= 11 is 2.72. The van der Waals surface area contributed by atoms with E-state index in [2.05, 4.69) is 15.6 Å². The van der Waals surface area contributed by atoms with Crippen LogP contribution in [0.4, 0.5) is 10.8 Å². The maximum Gasteiger partial charge on any atom is 0.258 e. The van der Waals surface area contributed by atoms with E-state index < -0.39 is 0 Å². The molecule has 2 amide bonds. The van der Waals surface area contributed by atoms with Crippen molar-refractivity contribution in [2.45, 2.75) is 6.42 Å². The number of methoxy groups -OCH3 is 2. The van der Waals surface area contributed by atoms with Crippen LogP contribution in [0, 0.1) is 0 Å². The maximum absolute atomic E-state index is 12.3. The summed E-state index contributed by atoms with van der Waals surface area (Å²) in [5, 5.41) is 11.3. The fourth-order valence-corrected chi connectivity index (χ4v) is 3.61. The first kappa shape index (κ1) is 18.9. The van der Waals surface area contributed by atoms with E-state index >= 15 is 0 Å². The van der Waals surface area contributed by atoms with Gasteiger partial charge in [-0.15, -0.1) is 11.3 Å². The molecule has 0 bridgehead atoms. The molecule has 140 valence electrons. The first-order valence-corrected chi connectivity index (χ1v) is 9.71. The van der Waals surface area contributed by atoms with Gasteiger partial charge in [-0.2, -0.15) is 11.3 Å². The van der Waals surface area contributed by atoms with Crippen molar-refractivity contribution in [1.29, 1.82) is 0 Å². The highest BCUT2D eigenvalue weighted by atomic mass is 32.1. The second-order valence-electron chi connectivity index (χ2n) is 5.40. The predicted molar refractivity (Wildman–Crippen MR) is 106 cm³/mol. The Bertz CT molecular complexity index is 938. The number of aromatic nitrogens is 1. The highest BCUT2D eigenvalue weighted by Crippen LogP contribution is 2.29. The standard InChI is InChI=1S/C18H17N3O4S2/c1-24-13-3-4-14(15(8-13)25-2)20-16(22)7-12-10-27-18(19-12)21-17(23)11-5-6-26-9-11/h3-6,8-10H,7H2,1-2H3,(H,20,22)(H,19,21,23). The van der Waals surface area contributed by atoms with Crippen LogP contribution in [0.1, 0.15) is 16.1 Å². The van der Waals surface area contributed by atoms with Crippen molar-refractivity contribution in [3.63, 3.8) is 0 Å². The van der Waals surface area contributed by atoms with Gasteiger partial charge in [-0.3, -0.25) is 14.9 Å². The van der Waals surface area contributed by atoms with E-state index in [9.17, 15) is 9.59 Å². The quantitative estimate of drug-likeness (QED) is 0.628. The number of amides is 2. The van der Waals surface area contributed by atoms with Gasteiger partial charge in [0.1, 0.15) is 11.5 Å². The normalized spacial score (nSPS) is 10.3. The molecule has 1 aromatic carbocycles. The molecule has 2 aromatic heterocycles. The summed E-state index contributed by atoms with van der Waals surface area (Å²) in [6.45, 7) is 0. The molecule has 0 radical (unpaired) electrons. The van der Waals surface area contributed by atoms with Crippen LogP contribution in [-0.4, -0.2) is 31.0 Å². The molecule has 0 saturated heterocycles. The number of carbonyl (C=O) groups is 2. The van der Waals surface area contributed by atoms with Crippen molar-refractivity contribution in [2.24, 2.45) is 0 Å². The zero-order valence-corrected chi connectivity index (χ0v) is 16.3. The average molecular weight is 403 g/mol. The van der Waals surface area contributed by atoms with Crippen molar-refractivity contribution in [3.05, 3.63) is 51.7 Å². The third-order valence-electron chi connectivity index (χ3n) is 3.58. The fourth-order valence-electron chi connectivity index (χ4n) is 2.27. The number of ether oxygens (including phenoxy) is 2. The van der Waals surface area contributed by atoms with Crippen LogP contribution >= 0.6 is 22.7 Å². The average Bonchev–Trinajstić information content (AvgIpc) is 3.34. The number of thiophene rings is 1. The Kier molecular flexibility index (Phi) is 6.05. The number of carbonyl (C=O) groups excluding carboxylic acids is 2. The summed E-state index contributed by atoms with van der Waals surface area (Å²) in [6.07, 6.45) is 0.0833. The van der Waals surface area contributed by atoms with E-state index in [0.717, 1.165) is 0 Å². The van der Waals surface area contributed by atoms with Gasteiger partial charge in [0, 0.05) is 16.8 Å². The van der Waals surface area contributed by atoms with E-state index in [0.29, 0.717) is 33.6 Å². The first-order valence-electron chi connectivity index (χ1n) is 7.89. The number of benzene rings is 1. The Morgan fingerprint density at radius 3 is 2.67 bits per heavy atom. The molecular weight excluding hydrogens is 386 g/mol. The van der Waals surface area contributed by atoms with Crippen molar-refractivity contribution in [1.82, 2.24) is 4.98 Å². The van der Waals surface area contributed by atoms with Gasteiger partial charge >= 0.3 is 0 Å². The lowest BCUT2D eigenvalue weighted by Gasteiger charge is -2.11. The smallest absolute Gasteiger partial charge is 0.258 e. The largest absolute Gasteiger partial charge is 0.497 e. The molecule has 0 aliphatic heterocycles. The van der Waals surface area contributed by atoms with Crippen LogP contribution in [0.15, 0.2) is 40.4 Å². The van der Waals surface area contributed by atoms with Gasteiger partial charge in [-0.1, -0.05) is 0 Å². The summed E-state index contributed by atoms with van der Waals surface area (Å²) in [7, 11) is 3.08. The topological polar surface area (TPSA) is 89.6 Å². The Balaban J connectivity index is 1.60. The summed E-state index contributed by atoms with van der Waals surface area (Å²) in [5.41, 5.74) is 1.70. The van der Waals surface area contributed by atoms with Gasteiger partial charge in [0.15, 0.2) is 5.13 Å². The first-order chi connectivity index (χ1) is 13.1. The lowest BCUT2D eigenvalue weighted by atomic mass is 10.2. The van der Waals surface area contributed by atoms with Crippen LogP contribution < -0.4 is 20.1 Å². The minimum Gasteiger partial charge on any atom is -0.497 e. The molecule has 0 fully saturated rings. The van der Waals surface area contributed by atoms with E-state index in [1.165, 1.54) is 29.8 Å². The van der Waals surface area contributed by atoms with Gasteiger partial charge < -0.3 is 14.8 Å². The number of anilines is 2. The van der Waals surface area contributed by atoms with E-state index in [1.807, 2.05) is 5.38 Å². The van der Waals surface area contributed by atoms with Crippen LogP contribution in [0.2, 0.25) is 0 Å². The highest BCUT2D eigenvalue weighted by molar-refractivity contribution is 7.14. The molecule has 0 unspecified atom stereocenters. The molecule has 0 saturated carbocycles. The number of thiazole rings is 1. The van der Waals surface area contributed by atoms with Crippen LogP contribution in [0.5, 0.6) is 11.5 Å². The molecule has 7 nitrogen and oxygen atoms in total. The molecular formula is C18H17N3O4S2. The maximum atomic E-state index is 12.3. The predicted octanol–water partition coefficient (Wildman–Crippen LogP) is 3.66. The fraction of sp³-hybridized carbons (Fsp3) is 0.167. The summed E-state index contributed by atoms with van der Waals surface area (Å²) in [4.78, 5) is 28.6. The van der Waals surface area contributed by atoms with Crippen molar-refractivity contribution in [2.75, 3.05) is 24.9 Å².